The molecule has 0 radical (unpaired) electrons. The van der Waals surface area contributed by atoms with Gasteiger partial charge >= 0.3 is 6.01 Å². The molecule has 0 aliphatic carbocycles. The van der Waals surface area contributed by atoms with Crippen molar-refractivity contribution >= 4 is 17.1 Å². The van der Waals surface area contributed by atoms with Crippen LogP contribution in [0.3, 0.4) is 0 Å². The molecule has 2 aromatic carbocycles. The molecule has 0 unspecified atom stereocenters. The maximum absolute atomic E-state index is 9.59. The van der Waals surface area contributed by atoms with Crippen molar-refractivity contribution in [3.8, 4) is 11.5 Å². The Morgan fingerprint density at radius 2 is 1.95 bits per heavy atom. The van der Waals surface area contributed by atoms with E-state index in [1.54, 1.807) is 6.07 Å². The third kappa shape index (κ3) is 2.44. The van der Waals surface area contributed by atoms with E-state index in [0.717, 1.165) is 0 Å². The molecular weight excluding hydrogens is 258 g/mol. The number of aromatic hydroxyl groups is 2. The number of fused-ring (bicyclic) bond motifs is 1. The minimum atomic E-state index is 0.0549. The van der Waals surface area contributed by atoms with Gasteiger partial charge < -0.3 is 14.6 Å². The zero-order valence-electron chi connectivity index (χ0n) is 10.4. The molecule has 1 aromatic heterocycles. The van der Waals surface area contributed by atoms with Crippen molar-refractivity contribution in [3.63, 3.8) is 0 Å². The van der Waals surface area contributed by atoms with Gasteiger partial charge in [0.1, 0.15) is 17.0 Å². The first kappa shape index (κ1) is 12.2. The van der Waals surface area contributed by atoms with E-state index in [0.29, 0.717) is 16.7 Å². The van der Waals surface area contributed by atoms with Gasteiger partial charge in [-0.2, -0.15) is 10.1 Å². The third-order valence-corrected chi connectivity index (χ3v) is 2.74. The Bertz CT molecular complexity index is 747. The molecule has 0 atom stereocenters. The van der Waals surface area contributed by atoms with Crippen molar-refractivity contribution in [1.82, 2.24) is 4.98 Å². The van der Waals surface area contributed by atoms with Gasteiger partial charge in [0, 0.05) is 5.56 Å². The van der Waals surface area contributed by atoms with Crippen molar-refractivity contribution in [2.45, 2.75) is 6.54 Å². The second-order valence-corrected chi connectivity index (χ2v) is 4.18. The number of azo groups is 1. The molecule has 0 saturated carbocycles. The predicted octanol–water partition coefficient (Wildman–Crippen LogP) is 3.52. The molecule has 0 fully saturated rings. The molecule has 0 aliphatic heterocycles. The van der Waals surface area contributed by atoms with Gasteiger partial charge in [0.2, 0.25) is 0 Å². The second kappa shape index (κ2) is 5.00. The summed E-state index contributed by atoms with van der Waals surface area (Å²) in [4.78, 5) is 4.14. The molecule has 3 aromatic rings. The third-order valence-electron chi connectivity index (χ3n) is 2.74. The van der Waals surface area contributed by atoms with Gasteiger partial charge in [-0.05, 0) is 30.3 Å². The fourth-order valence-electron chi connectivity index (χ4n) is 1.77. The van der Waals surface area contributed by atoms with Crippen LogP contribution in [0.2, 0.25) is 0 Å². The quantitative estimate of drug-likeness (QED) is 0.562. The largest absolute Gasteiger partial charge is 0.508 e. The highest BCUT2D eigenvalue weighted by molar-refractivity contribution is 5.73. The Hall–Kier alpha value is -2.89. The topological polar surface area (TPSA) is 91.2 Å². The summed E-state index contributed by atoms with van der Waals surface area (Å²) < 4.78 is 5.38. The SMILES string of the molecule is Oc1ccc(O)c(CN=Nc2nc3ccccc3o2)c1. The summed E-state index contributed by atoms with van der Waals surface area (Å²) in [5.74, 6) is 0.120. The number of para-hydroxylation sites is 2. The van der Waals surface area contributed by atoms with Crippen molar-refractivity contribution in [3.05, 3.63) is 48.0 Å². The van der Waals surface area contributed by atoms with Crippen molar-refractivity contribution < 1.29 is 14.6 Å². The Kier molecular flexibility index (Phi) is 3.04. The van der Waals surface area contributed by atoms with E-state index in [4.69, 9.17) is 4.42 Å². The molecule has 3 rings (SSSR count). The van der Waals surface area contributed by atoms with Crippen LogP contribution in [0.1, 0.15) is 5.56 Å². The highest BCUT2D eigenvalue weighted by atomic mass is 16.4. The predicted molar refractivity (Wildman–Crippen MR) is 72.0 cm³/mol. The summed E-state index contributed by atoms with van der Waals surface area (Å²) in [7, 11) is 0. The van der Waals surface area contributed by atoms with E-state index in [9.17, 15) is 10.2 Å². The monoisotopic (exact) mass is 269 g/mol. The van der Waals surface area contributed by atoms with E-state index >= 15 is 0 Å². The first-order chi connectivity index (χ1) is 9.72. The zero-order chi connectivity index (χ0) is 13.9. The van der Waals surface area contributed by atoms with E-state index in [-0.39, 0.29) is 24.1 Å². The number of benzene rings is 2. The lowest BCUT2D eigenvalue weighted by molar-refractivity contribution is 0.454. The van der Waals surface area contributed by atoms with Crippen molar-refractivity contribution in [1.29, 1.82) is 0 Å². The average Bonchev–Trinajstić information content (AvgIpc) is 2.85. The lowest BCUT2D eigenvalue weighted by Gasteiger charge is -2.00. The average molecular weight is 269 g/mol. The molecule has 0 aliphatic rings. The van der Waals surface area contributed by atoms with Crippen molar-refractivity contribution in [2.24, 2.45) is 10.2 Å². The molecule has 6 heteroatoms. The van der Waals surface area contributed by atoms with E-state index < -0.39 is 0 Å². The molecule has 0 amide bonds. The van der Waals surface area contributed by atoms with Gasteiger partial charge in [-0.3, -0.25) is 0 Å². The zero-order valence-corrected chi connectivity index (χ0v) is 10.4. The van der Waals surface area contributed by atoms with Crippen LogP contribution in [0.25, 0.3) is 11.1 Å². The Morgan fingerprint density at radius 3 is 2.80 bits per heavy atom. The number of phenolic OH excluding ortho intramolecular Hbond substituents is 2. The van der Waals surface area contributed by atoms with E-state index in [1.165, 1.54) is 18.2 Å². The van der Waals surface area contributed by atoms with Gasteiger partial charge in [0.15, 0.2) is 5.58 Å². The molecule has 2 N–H and O–H groups in total. The van der Waals surface area contributed by atoms with E-state index in [2.05, 4.69) is 15.2 Å². The maximum Gasteiger partial charge on any atom is 0.341 e. The Balaban J connectivity index is 1.78. The number of aromatic nitrogens is 1. The molecule has 20 heavy (non-hydrogen) atoms. The summed E-state index contributed by atoms with van der Waals surface area (Å²) in [6, 6.07) is 11.7. The lowest BCUT2D eigenvalue weighted by atomic mass is 10.2. The number of rotatable bonds is 3. The first-order valence-electron chi connectivity index (χ1n) is 5.96. The summed E-state index contributed by atoms with van der Waals surface area (Å²) in [6.07, 6.45) is 0. The van der Waals surface area contributed by atoms with Crippen LogP contribution in [-0.2, 0) is 6.54 Å². The number of phenols is 2. The molecular formula is C14H11N3O3. The smallest absolute Gasteiger partial charge is 0.341 e. The van der Waals surface area contributed by atoms with Gasteiger partial charge in [0.25, 0.3) is 0 Å². The van der Waals surface area contributed by atoms with Gasteiger partial charge in [0.05, 0.1) is 6.54 Å². The minimum Gasteiger partial charge on any atom is -0.508 e. The number of nitrogens with zero attached hydrogens (tertiary/aromatic N) is 3. The Labute approximate surface area is 114 Å². The molecule has 0 bridgehead atoms. The molecule has 100 valence electrons. The summed E-state index contributed by atoms with van der Waals surface area (Å²) in [5.41, 5.74) is 1.83. The Morgan fingerprint density at radius 1 is 1.10 bits per heavy atom. The number of oxazole rings is 1. The fourth-order valence-corrected chi connectivity index (χ4v) is 1.77. The van der Waals surface area contributed by atoms with Gasteiger partial charge in [-0.25, -0.2) is 0 Å². The lowest BCUT2D eigenvalue weighted by Crippen LogP contribution is -1.81. The second-order valence-electron chi connectivity index (χ2n) is 4.18. The standard InChI is InChI=1S/C14H11N3O3/c18-10-5-6-12(19)9(7-10)8-15-17-14-16-11-3-1-2-4-13(11)20-14/h1-7,18-19H,8H2. The molecule has 1 heterocycles. The number of hydrogen-bond acceptors (Lipinski definition) is 6. The molecule has 0 saturated heterocycles. The van der Waals surface area contributed by atoms with Crippen LogP contribution in [0, 0.1) is 0 Å². The van der Waals surface area contributed by atoms with Crippen LogP contribution >= 0.6 is 0 Å². The highest BCUT2D eigenvalue weighted by Gasteiger charge is 2.04. The van der Waals surface area contributed by atoms with Crippen LogP contribution in [0.15, 0.2) is 57.1 Å². The summed E-state index contributed by atoms with van der Waals surface area (Å²) in [5, 5.41) is 26.7. The fraction of sp³-hybridized carbons (Fsp3) is 0.0714. The maximum atomic E-state index is 9.59. The minimum absolute atomic E-state index is 0.0549. The summed E-state index contributed by atoms with van der Waals surface area (Å²) >= 11 is 0. The van der Waals surface area contributed by atoms with Crippen LogP contribution in [0.5, 0.6) is 11.5 Å². The molecule has 0 spiro atoms. The van der Waals surface area contributed by atoms with Gasteiger partial charge in [-0.1, -0.05) is 17.2 Å². The molecule has 6 nitrogen and oxygen atoms in total. The first-order valence-corrected chi connectivity index (χ1v) is 5.96. The van der Waals surface area contributed by atoms with Gasteiger partial charge in [-0.15, -0.1) is 0 Å². The van der Waals surface area contributed by atoms with Crippen molar-refractivity contribution in [2.75, 3.05) is 0 Å². The van der Waals surface area contributed by atoms with Crippen LogP contribution < -0.4 is 0 Å². The summed E-state index contributed by atoms with van der Waals surface area (Å²) in [6.45, 7) is 0.124. The normalized spacial score (nSPS) is 11.4. The number of hydrogen-bond donors (Lipinski definition) is 2. The van der Waals surface area contributed by atoms with Crippen LogP contribution in [0.4, 0.5) is 6.01 Å². The van der Waals surface area contributed by atoms with E-state index in [1.807, 2.05) is 18.2 Å². The highest BCUT2D eigenvalue weighted by Crippen LogP contribution is 2.24. The van der Waals surface area contributed by atoms with Crippen LogP contribution in [-0.4, -0.2) is 15.2 Å².